The van der Waals surface area contributed by atoms with E-state index in [0.29, 0.717) is 18.8 Å². The van der Waals surface area contributed by atoms with Crippen molar-refractivity contribution in [2.24, 2.45) is 0 Å². The van der Waals surface area contributed by atoms with Gasteiger partial charge in [-0.15, -0.1) is 0 Å². The third-order valence-electron chi connectivity index (χ3n) is 2.65. The molecule has 0 radical (unpaired) electrons. The summed E-state index contributed by atoms with van der Waals surface area (Å²) in [5.41, 5.74) is 0.869. The molecule has 4 nitrogen and oxygen atoms in total. The first kappa shape index (κ1) is 15.5. The molecule has 0 bridgehead atoms. The topological polar surface area (TPSA) is 58.0 Å². The fraction of sp³-hybridized carbons (Fsp3) is 0.231. The van der Waals surface area contributed by atoms with E-state index in [1.54, 1.807) is 6.07 Å². The highest BCUT2D eigenvalue weighted by Crippen LogP contribution is 2.20. The maximum Gasteiger partial charge on any atom is 0.225 e. The fourth-order valence-electron chi connectivity index (χ4n) is 1.67. The highest BCUT2D eigenvalue weighted by molar-refractivity contribution is 9.10. The zero-order valence-corrected chi connectivity index (χ0v) is 13.5. The normalized spacial score (nSPS) is 12.2. The Balaban J connectivity index is 1.87. The van der Waals surface area contributed by atoms with E-state index in [2.05, 4.69) is 31.2 Å². The van der Waals surface area contributed by atoms with Crippen LogP contribution in [0.15, 0.2) is 34.8 Å². The summed E-state index contributed by atoms with van der Waals surface area (Å²) in [5.74, 6) is 0.540. The van der Waals surface area contributed by atoms with Gasteiger partial charge in [-0.25, -0.2) is 9.97 Å². The molecular formula is C13H12BrCl2N3O. The molecule has 0 spiro atoms. The molecule has 1 atom stereocenters. The molecule has 0 fully saturated rings. The number of aromatic nitrogens is 2. The van der Waals surface area contributed by atoms with Crippen LogP contribution in [0.2, 0.25) is 10.4 Å². The van der Waals surface area contributed by atoms with Gasteiger partial charge in [0.05, 0.1) is 6.10 Å². The molecule has 2 rings (SSSR count). The van der Waals surface area contributed by atoms with Gasteiger partial charge >= 0.3 is 0 Å². The van der Waals surface area contributed by atoms with E-state index in [9.17, 15) is 5.11 Å². The van der Waals surface area contributed by atoms with E-state index in [1.807, 2.05) is 24.3 Å². The quantitative estimate of drug-likeness (QED) is 0.609. The molecule has 2 aromatic rings. The maximum absolute atomic E-state index is 10.1. The van der Waals surface area contributed by atoms with Crippen LogP contribution in [0.5, 0.6) is 0 Å². The molecular weight excluding hydrogens is 365 g/mol. The van der Waals surface area contributed by atoms with Gasteiger partial charge in [0.1, 0.15) is 11.0 Å². The summed E-state index contributed by atoms with van der Waals surface area (Å²) in [5, 5.41) is 13.5. The Labute approximate surface area is 135 Å². The predicted molar refractivity (Wildman–Crippen MR) is 84.3 cm³/mol. The van der Waals surface area contributed by atoms with Crippen LogP contribution in [0.1, 0.15) is 18.1 Å². The van der Waals surface area contributed by atoms with Crippen LogP contribution in [0.4, 0.5) is 5.82 Å². The van der Waals surface area contributed by atoms with Crippen LogP contribution in [0.25, 0.3) is 0 Å². The monoisotopic (exact) mass is 375 g/mol. The average Bonchev–Trinajstić information content (AvgIpc) is 2.38. The minimum absolute atomic E-state index is 0.0912. The van der Waals surface area contributed by atoms with Gasteiger partial charge < -0.3 is 10.4 Å². The van der Waals surface area contributed by atoms with Crippen molar-refractivity contribution in [2.75, 3.05) is 11.9 Å². The lowest BCUT2D eigenvalue weighted by Crippen LogP contribution is -2.09. The van der Waals surface area contributed by atoms with Crippen molar-refractivity contribution in [3.05, 3.63) is 50.8 Å². The van der Waals surface area contributed by atoms with Crippen molar-refractivity contribution in [3.8, 4) is 0 Å². The molecule has 7 heteroatoms. The number of benzene rings is 1. The zero-order chi connectivity index (χ0) is 14.5. The third-order valence-corrected chi connectivity index (χ3v) is 3.54. The van der Waals surface area contributed by atoms with Gasteiger partial charge in [-0.1, -0.05) is 39.7 Å². The van der Waals surface area contributed by atoms with Crippen LogP contribution in [0.3, 0.4) is 0 Å². The van der Waals surface area contributed by atoms with E-state index in [-0.39, 0.29) is 10.4 Å². The van der Waals surface area contributed by atoms with Crippen LogP contribution >= 0.6 is 39.1 Å². The van der Waals surface area contributed by atoms with Crippen LogP contribution in [-0.2, 0) is 0 Å². The first-order chi connectivity index (χ1) is 9.54. The Morgan fingerprint density at radius 1 is 1.20 bits per heavy atom. The second-order valence-electron chi connectivity index (χ2n) is 4.13. The van der Waals surface area contributed by atoms with E-state index in [4.69, 9.17) is 23.2 Å². The number of anilines is 1. The second kappa shape index (κ2) is 7.22. The maximum atomic E-state index is 10.1. The minimum atomic E-state index is -0.539. The molecule has 0 aliphatic rings. The van der Waals surface area contributed by atoms with Crippen molar-refractivity contribution in [2.45, 2.75) is 12.5 Å². The highest BCUT2D eigenvalue weighted by atomic mass is 79.9. The van der Waals surface area contributed by atoms with Gasteiger partial charge in [-0.05, 0) is 35.7 Å². The summed E-state index contributed by atoms with van der Waals surface area (Å²) in [6.45, 7) is 0.543. The Bertz CT molecular complexity index is 560. The molecule has 1 heterocycles. The minimum Gasteiger partial charge on any atom is -0.388 e. The number of halogens is 3. The molecule has 1 aromatic carbocycles. The van der Waals surface area contributed by atoms with Crippen molar-refractivity contribution in [1.29, 1.82) is 0 Å². The molecule has 20 heavy (non-hydrogen) atoms. The van der Waals surface area contributed by atoms with Gasteiger partial charge in [-0.3, -0.25) is 0 Å². The Hall–Kier alpha value is -0.880. The Morgan fingerprint density at radius 3 is 2.55 bits per heavy atom. The third kappa shape index (κ3) is 4.59. The lowest BCUT2D eigenvalue weighted by Gasteiger charge is -2.12. The van der Waals surface area contributed by atoms with Gasteiger partial charge in [-0.2, -0.15) is 0 Å². The summed E-state index contributed by atoms with van der Waals surface area (Å²) in [7, 11) is 0. The van der Waals surface area contributed by atoms with Crippen LogP contribution in [-0.4, -0.2) is 21.6 Å². The summed E-state index contributed by atoms with van der Waals surface area (Å²) in [6, 6.07) is 9.14. The van der Waals surface area contributed by atoms with Gasteiger partial charge in [0.15, 0.2) is 0 Å². The van der Waals surface area contributed by atoms with Gasteiger partial charge in [0, 0.05) is 17.1 Å². The molecule has 1 aromatic heterocycles. The molecule has 106 valence electrons. The number of nitrogens with one attached hydrogen (secondary N) is 1. The Kier molecular flexibility index (Phi) is 5.60. The molecule has 0 amide bonds. The molecule has 0 saturated carbocycles. The number of nitrogens with zero attached hydrogens (tertiary/aromatic N) is 2. The first-order valence-corrected chi connectivity index (χ1v) is 7.47. The molecule has 0 aliphatic carbocycles. The number of aliphatic hydroxyl groups excluding tert-OH is 1. The number of rotatable bonds is 5. The molecule has 0 aliphatic heterocycles. The lowest BCUT2D eigenvalue weighted by molar-refractivity contribution is 0.171. The molecule has 1 unspecified atom stereocenters. The van der Waals surface area contributed by atoms with E-state index < -0.39 is 6.10 Å². The smallest absolute Gasteiger partial charge is 0.225 e. The van der Waals surface area contributed by atoms with E-state index in [0.717, 1.165) is 10.0 Å². The van der Waals surface area contributed by atoms with Crippen molar-refractivity contribution in [1.82, 2.24) is 9.97 Å². The van der Waals surface area contributed by atoms with Crippen molar-refractivity contribution in [3.63, 3.8) is 0 Å². The average molecular weight is 377 g/mol. The standard InChI is InChI=1S/C13H12BrCl2N3O/c14-9-3-1-8(2-4-9)10(20)5-6-17-12-7-11(15)18-13(16)19-12/h1-4,7,10,20H,5-6H2,(H,17,18,19). The van der Waals surface area contributed by atoms with E-state index >= 15 is 0 Å². The lowest BCUT2D eigenvalue weighted by atomic mass is 10.1. The van der Waals surface area contributed by atoms with Crippen molar-refractivity contribution >= 4 is 44.9 Å². The number of hydrogen-bond acceptors (Lipinski definition) is 4. The number of aliphatic hydroxyl groups is 1. The fourth-order valence-corrected chi connectivity index (χ4v) is 2.34. The summed E-state index contributed by atoms with van der Waals surface area (Å²) in [4.78, 5) is 7.75. The van der Waals surface area contributed by atoms with Crippen LogP contribution in [0, 0.1) is 0 Å². The summed E-state index contributed by atoms with van der Waals surface area (Å²) >= 11 is 14.8. The van der Waals surface area contributed by atoms with E-state index in [1.165, 1.54) is 0 Å². The van der Waals surface area contributed by atoms with Gasteiger partial charge in [0.25, 0.3) is 0 Å². The largest absolute Gasteiger partial charge is 0.388 e. The van der Waals surface area contributed by atoms with Gasteiger partial charge in [0.2, 0.25) is 5.28 Å². The predicted octanol–water partition coefficient (Wildman–Crippen LogP) is 4.08. The number of hydrogen-bond donors (Lipinski definition) is 2. The second-order valence-corrected chi connectivity index (χ2v) is 5.77. The first-order valence-electron chi connectivity index (χ1n) is 5.92. The molecule has 0 saturated heterocycles. The van der Waals surface area contributed by atoms with Crippen LogP contribution < -0.4 is 5.32 Å². The Morgan fingerprint density at radius 2 is 1.90 bits per heavy atom. The summed E-state index contributed by atoms with van der Waals surface area (Å²) < 4.78 is 0.983. The van der Waals surface area contributed by atoms with Crippen molar-refractivity contribution < 1.29 is 5.11 Å². The highest BCUT2D eigenvalue weighted by Gasteiger charge is 2.07. The summed E-state index contributed by atoms with van der Waals surface area (Å²) in [6.07, 6.45) is 0.00400. The SMILES string of the molecule is OC(CCNc1cc(Cl)nc(Cl)n1)c1ccc(Br)cc1. The molecule has 2 N–H and O–H groups in total. The zero-order valence-electron chi connectivity index (χ0n) is 10.4.